The zero-order valence-corrected chi connectivity index (χ0v) is 11.4. The summed E-state index contributed by atoms with van der Waals surface area (Å²) in [5.74, 6) is 0. The topological polar surface area (TPSA) is 48.0 Å². The number of aryl methyl sites for hydroxylation is 1. The van der Waals surface area contributed by atoms with Crippen LogP contribution in [0, 0.1) is 12.3 Å². The molecule has 0 aliphatic carbocycles. The summed E-state index contributed by atoms with van der Waals surface area (Å²) in [7, 11) is 0. The molecule has 0 radical (unpaired) electrons. The minimum atomic E-state index is -0.0694. The first-order valence-electron chi connectivity index (χ1n) is 6.41. The van der Waals surface area contributed by atoms with Crippen LogP contribution in [0.15, 0.2) is 24.3 Å². The van der Waals surface area contributed by atoms with Crippen LogP contribution in [0.2, 0.25) is 0 Å². The first-order chi connectivity index (χ1) is 8.53. The van der Waals surface area contributed by atoms with Crippen molar-refractivity contribution >= 4 is 10.9 Å². The highest BCUT2D eigenvalue weighted by molar-refractivity contribution is 5.84. The second kappa shape index (κ2) is 5.12. The number of aliphatic hydroxyl groups is 1. The maximum Gasteiger partial charge on any atom is 0.0494 e. The number of H-pyrrole nitrogens is 1. The molecule has 98 valence electrons. The molecule has 0 unspecified atom stereocenters. The van der Waals surface area contributed by atoms with Crippen molar-refractivity contribution in [3.63, 3.8) is 0 Å². The first-order valence-corrected chi connectivity index (χ1v) is 6.41. The van der Waals surface area contributed by atoms with E-state index in [0.717, 1.165) is 13.1 Å². The number of rotatable bonds is 5. The molecule has 0 spiro atoms. The SMILES string of the molecule is Cc1[nH]c2ccccc2c1CNCC(C)(C)CO. The lowest BCUT2D eigenvalue weighted by Gasteiger charge is -2.22. The molecular weight excluding hydrogens is 224 g/mol. The Kier molecular flexibility index (Phi) is 3.73. The van der Waals surface area contributed by atoms with Gasteiger partial charge in [0.15, 0.2) is 0 Å². The zero-order valence-electron chi connectivity index (χ0n) is 11.4. The Bertz CT molecular complexity index is 528. The van der Waals surface area contributed by atoms with E-state index in [4.69, 9.17) is 0 Å². The van der Waals surface area contributed by atoms with Crippen LogP contribution in [-0.2, 0) is 6.54 Å². The van der Waals surface area contributed by atoms with E-state index in [1.165, 1.54) is 22.2 Å². The molecule has 3 N–H and O–H groups in total. The quantitative estimate of drug-likeness (QED) is 0.759. The number of hydrogen-bond acceptors (Lipinski definition) is 2. The molecule has 0 saturated heterocycles. The monoisotopic (exact) mass is 246 g/mol. The molecule has 0 fully saturated rings. The van der Waals surface area contributed by atoms with Gasteiger partial charge in [0.2, 0.25) is 0 Å². The molecule has 0 bridgehead atoms. The van der Waals surface area contributed by atoms with E-state index in [-0.39, 0.29) is 12.0 Å². The van der Waals surface area contributed by atoms with Crippen molar-refractivity contribution in [1.82, 2.24) is 10.3 Å². The Morgan fingerprint density at radius 2 is 2.00 bits per heavy atom. The van der Waals surface area contributed by atoms with Gasteiger partial charge in [0.05, 0.1) is 0 Å². The smallest absolute Gasteiger partial charge is 0.0494 e. The Morgan fingerprint density at radius 3 is 2.72 bits per heavy atom. The molecule has 0 atom stereocenters. The molecule has 0 aliphatic heterocycles. The summed E-state index contributed by atoms with van der Waals surface area (Å²) in [6.45, 7) is 8.06. The fraction of sp³-hybridized carbons (Fsp3) is 0.467. The Labute approximate surface area is 108 Å². The lowest BCUT2D eigenvalue weighted by molar-refractivity contribution is 0.156. The van der Waals surface area contributed by atoms with E-state index in [2.05, 4.69) is 49.3 Å². The van der Waals surface area contributed by atoms with E-state index in [9.17, 15) is 5.11 Å². The Balaban J connectivity index is 2.10. The van der Waals surface area contributed by atoms with Crippen molar-refractivity contribution in [3.8, 4) is 0 Å². The number of aromatic amines is 1. The fourth-order valence-electron chi connectivity index (χ4n) is 2.14. The van der Waals surface area contributed by atoms with Gasteiger partial charge >= 0.3 is 0 Å². The van der Waals surface area contributed by atoms with E-state index in [1.807, 2.05) is 6.07 Å². The van der Waals surface area contributed by atoms with Gasteiger partial charge in [-0.25, -0.2) is 0 Å². The minimum absolute atomic E-state index is 0.0694. The van der Waals surface area contributed by atoms with Crippen LogP contribution in [0.3, 0.4) is 0 Å². The van der Waals surface area contributed by atoms with Gasteiger partial charge in [-0.1, -0.05) is 32.0 Å². The van der Waals surface area contributed by atoms with Crippen molar-refractivity contribution in [2.24, 2.45) is 5.41 Å². The van der Waals surface area contributed by atoms with Crippen molar-refractivity contribution in [3.05, 3.63) is 35.5 Å². The van der Waals surface area contributed by atoms with Crippen LogP contribution in [-0.4, -0.2) is 23.2 Å². The molecule has 1 aromatic carbocycles. The highest BCUT2D eigenvalue weighted by Gasteiger charge is 2.16. The maximum absolute atomic E-state index is 9.23. The van der Waals surface area contributed by atoms with Crippen LogP contribution in [0.4, 0.5) is 0 Å². The highest BCUT2D eigenvalue weighted by atomic mass is 16.3. The van der Waals surface area contributed by atoms with Gasteiger partial charge < -0.3 is 15.4 Å². The van der Waals surface area contributed by atoms with Gasteiger partial charge in [0.1, 0.15) is 0 Å². The summed E-state index contributed by atoms with van der Waals surface area (Å²) in [6, 6.07) is 8.36. The van der Waals surface area contributed by atoms with Gasteiger partial charge in [-0.3, -0.25) is 0 Å². The largest absolute Gasteiger partial charge is 0.396 e. The van der Waals surface area contributed by atoms with E-state index in [1.54, 1.807) is 0 Å². The van der Waals surface area contributed by atoms with Crippen molar-refractivity contribution in [2.45, 2.75) is 27.3 Å². The van der Waals surface area contributed by atoms with Crippen LogP contribution in [0.25, 0.3) is 10.9 Å². The molecule has 18 heavy (non-hydrogen) atoms. The molecule has 3 heteroatoms. The standard InChI is InChI=1S/C15H22N2O/c1-11-13(8-16-9-15(2,3)10-18)12-6-4-5-7-14(12)17-11/h4-7,16-18H,8-10H2,1-3H3. The van der Waals surface area contributed by atoms with E-state index >= 15 is 0 Å². The molecule has 0 amide bonds. The first kappa shape index (κ1) is 13.1. The number of aromatic nitrogens is 1. The molecular formula is C15H22N2O. The number of aliphatic hydroxyl groups excluding tert-OH is 1. The molecule has 1 heterocycles. The van der Waals surface area contributed by atoms with Gasteiger partial charge in [-0.05, 0) is 18.6 Å². The molecule has 0 saturated carbocycles. The number of benzene rings is 1. The lowest BCUT2D eigenvalue weighted by Crippen LogP contribution is -2.31. The zero-order chi connectivity index (χ0) is 13.2. The minimum Gasteiger partial charge on any atom is -0.396 e. The second-order valence-corrected chi connectivity index (χ2v) is 5.70. The van der Waals surface area contributed by atoms with Crippen molar-refractivity contribution in [1.29, 1.82) is 0 Å². The third-order valence-corrected chi connectivity index (χ3v) is 3.36. The van der Waals surface area contributed by atoms with Crippen LogP contribution in [0.1, 0.15) is 25.1 Å². The van der Waals surface area contributed by atoms with Crippen molar-refractivity contribution < 1.29 is 5.11 Å². The van der Waals surface area contributed by atoms with Crippen LogP contribution in [0.5, 0.6) is 0 Å². The third-order valence-electron chi connectivity index (χ3n) is 3.36. The lowest BCUT2D eigenvalue weighted by atomic mass is 9.95. The Morgan fingerprint density at radius 1 is 1.28 bits per heavy atom. The number of nitrogens with one attached hydrogen (secondary N) is 2. The highest BCUT2D eigenvalue weighted by Crippen LogP contribution is 2.22. The molecule has 2 rings (SSSR count). The predicted molar refractivity (Wildman–Crippen MR) is 75.6 cm³/mol. The molecule has 1 aromatic heterocycles. The van der Waals surface area contributed by atoms with Crippen LogP contribution < -0.4 is 5.32 Å². The fourth-order valence-corrected chi connectivity index (χ4v) is 2.14. The maximum atomic E-state index is 9.23. The Hall–Kier alpha value is -1.32. The summed E-state index contributed by atoms with van der Waals surface area (Å²) >= 11 is 0. The summed E-state index contributed by atoms with van der Waals surface area (Å²) in [4.78, 5) is 3.40. The summed E-state index contributed by atoms with van der Waals surface area (Å²) in [5.41, 5.74) is 3.65. The predicted octanol–water partition coefficient (Wildman–Crippen LogP) is 2.58. The van der Waals surface area contributed by atoms with Crippen molar-refractivity contribution in [2.75, 3.05) is 13.2 Å². The molecule has 0 aliphatic rings. The summed E-state index contributed by atoms with van der Waals surface area (Å²) in [6.07, 6.45) is 0. The average molecular weight is 246 g/mol. The summed E-state index contributed by atoms with van der Waals surface area (Å²) < 4.78 is 0. The van der Waals surface area contributed by atoms with E-state index in [0.29, 0.717) is 0 Å². The van der Waals surface area contributed by atoms with Gasteiger partial charge in [-0.2, -0.15) is 0 Å². The van der Waals surface area contributed by atoms with Crippen LogP contribution >= 0.6 is 0 Å². The van der Waals surface area contributed by atoms with Gasteiger partial charge in [-0.15, -0.1) is 0 Å². The number of hydrogen-bond donors (Lipinski definition) is 3. The molecule has 3 nitrogen and oxygen atoms in total. The number of para-hydroxylation sites is 1. The normalized spacial score (nSPS) is 12.2. The second-order valence-electron chi connectivity index (χ2n) is 5.70. The van der Waals surface area contributed by atoms with Gasteiger partial charge in [0.25, 0.3) is 0 Å². The molecule has 2 aromatic rings. The number of fused-ring (bicyclic) bond motifs is 1. The van der Waals surface area contributed by atoms with Gasteiger partial charge in [0, 0.05) is 41.7 Å². The third kappa shape index (κ3) is 2.74. The summed E-state index contributed by atoms with van der Waals surface area (Å²) in [5, 5.41) is 13.9. The average Bonchev–Trinajstić information content (AvgIpc) is 2.66. The van der Waals surface area contributed by atoms with E-state index < -0.39 is 0 Å².